The molecule has 0 saturated heterocycles. The van der Waals surface area contributed by atoms with Gasteiger partial charge in [-0.3, -0.25) is 59.9 Å². The van der Waals surface area contributed by atoms with Crippen LogP contribution in [0.1, 0.15) is 162 Å². The Morgan fingerprint density at radius 3 is 0.473 bits per heavy atom. The molecule has 680 valence electrons. The number of rotatable bonds is 48. The van der Waals surface area contributed by atoms with E-state index in [1.165, 1.54) is 0 Å². The average Bonchev–Trinajstić information content (AvgIpc) is 0.896. The van der Waals surface area contributed by atoms with Crippen LogP contribution in [0.25, 0.3) is 0 Å². The second-order valence-electron chi connectivity index (χ2n) is 28.2. The first-order valence-electron chi connectivity index (χ1n) is 42.0. The maximum atomic E-state index is 9.64. The first-order chi connectivity index (χ1) is 63.6. The van der Waals surface area contributed by atoms with E-state index >= 15 is 0 Å². The van der Waals surface area contributed by atoms with E-state index in [1.807, 2.05) is 255 Å². The Morgan fingerprint density at radius 1 is 0.217 bits per heavy atom. The molecule has 24 nitrogen and oxygen atoms in total. The fourth-order valence-corrected chi connectivity index (χ4v) is 12.1. The van der Waals surface area contributed by atoms with Crippen molar-refractivity contribution >= 4 is 77.7 Å². The molecule has 0 fully saturated rings. The second-order valence-corrected chi connectivity index (χ2v) is 31.9. The molecule has 6 N–H and O–H groups in total. The normalized spacial score (nSPS) is 12.7. The van der Waals surface area contributed by atoms with E-state index < -0.39 is 0 Å². The first-order valence-corrected chi connectivity index (χ1v) is 48.0. The number of pyridine rings is 6. The maximum absolute atomic E-state index is 9.64. The topological polar surface area (TPSA) is 328 Å². The van der Waals surface area contributed by atoms with Crippen LogP contribution in [0.4, 0.5) is 0 Å². The molecule has 0 saturated carbocycles. The minimum atomic E-state index is -0.307. The minimum absolute atomic E-state index is 0.0622. The summed E-state index contributed by atoms with van der Waals surface area (Å²) in [5.41, 5.74) is 10.0. The van der Waals surface area contributed by atoms with Crippen LogP contribution in [0.3, 0.4) is 0 Å². The Labute approximate surface area is 784 Å². The van der Waals surface area contributed by atoms with Gasteiger partial charge in [-0.15, -0.1) is 0 Å². The number of unbranched alkanes of at least 4 members (excludes halogenated alkanes) is 6. The van der Waals surface area contributed by atoms with Gasteiger partial charge < -0.3 is 59.1 Å². The Kier molecular flexibility index (Phi) is 51.8. The third-order valence-corrected chi connectivity index (χ3v) is 19.0. The zero-order valence-electron chi connectivity index (χ0n) is 71.2. The van der Waals surface area contributed by atoms with Crippen molar-refractivity contribution in [3.05, 3.63) is 360 Å². The zero-order valence-corrected chi connectivity index (χ0v) is 76.4. The summed E-state index contributed by atoms with van der Waals surface area (Å²) in [5, 5.41) is 57.8. The van der Waals surface area contributed by atoms with Crippen LogP contribution in [0, 0.1) is 0 Å². The van der Waals surface area contributed by atoms with Crippen molar-refractivity contribution < 1.29 is 85.3 Å². The van der Waals surface area contributed by atoms with Gasteiger partial charge in [0.1, 0.15) is 34.5 Å². The summed E-state index contributed by atoms with van der Waals surface area (Å²) >= 11 is 0.389. The van der Waals surface area contributed by atoms with Gasteiger partial charge in [-0.25, -0.2) is 0 Å². The molecular weight excluding hydrogens is 1800 g/mol. The van der Waals surface area contributed by atoms with Gasteiger partial charge in [-0.05, 0) is 164 Å². The van der Waals surface area contributed by atoms with Crippen LogP contribution in [0.5, 0.6) is 34.5 Å². The summed E-state index contributed by atoms with van der Waals surface area (Å²) in [7, 11) is 19.1. The number of hydrogen-bond acceptors (Lipinski definition) is 24. The molecule has 6 atom stereocenters. The Bertz CT molecular complexity index is 4260. The van der Waals surface area contributed by atoms with Crippen molar-refractivity contribution in [2.45, 2.75) is 94.0 Å². The van der Waals surface area contributed by atoms with Crippen molar-refractivity contribution in [3.63, 3.8) is 0 Å². The van der Waals surface area contributed by atoms with Crippen LogP contribution in [0.2, 0.25) is 0 Å². The molecule has 0 aliphatic heterocycles. The van der Waals surface area contributed by atoms with Crippen molar-refractivity contribution in [1.82, 2.24) is 29.9 Å². The predicted octanol–water partition coefficient (Wildman–Crippen LogP) is 19.0. The molecule has 0 amide bonds. The van der Waals surface area contributed by atoms with Crippen molar-refractivity contribution in [1.29, 1.82) is 0 Å². The second kappa shape index (κ2) is 64.7. The quantitative estimate of drug-likeness (QED) is 0.0117. The summed E-state index contributed by atoms with van der Waals surface area (Å²) in [5.74, 6) is 4.27. The van der Waals surface area contributed by atoms with E-state index in [4.69, 9.17) is 68.8 Å². The Hall–Kier alpha value is -11.0. The first kappa shape index (κ1) is 103. The number of aliphatic hydroxyl groups is 6. The molecule has 129 heavy (non-hydrogen) atoms. The van der Waals surface area contributed by atoms with Gasteiger partial charge in [0.05, 0.1) is 187 Å². The van der Waals surface area contributed by atoms with Gasteiger partial charge in [-0.2, -0.15) is 0 Å². The van der Waals surface area contributed by atoms with Crippen LogP contribution in [0.15, 0.2) is 322 Å². The van der Waals surface area contributed by atoms with E-state index in [0.29, 0.717) is 108 Å². The van der Waals surface area contributed by atoms with Gasteiger partial charge in [0.2, 0.25) is 0 Å². The molecule has 6 aromatic carbocycles. The summed E-state index contributed by atoms with van der Waals surface area (Å²) in [6.07, 6.45) is 28.5. The number of aromatic nitrogens is 6. The third-order valence-electron chi connectivity index (χ3n) is 19.0. The summed E-state index contributed by atoms with van der Waals surface area (Å²) in [6.45, 7) is 3.23. The van der Waals surface area contributed by atoms with E-state index in [-0.39, 0.29) is 102 Å². The SMILES string of the molecule is OC[C@H](N=Cc1ccc(OCCCCCOc2ccc(C=N[C@@H](CO)c3ccccc3)nc2)cn1)c1ccccc1.OC[C@H](N=Cc1ccc(OCCCCCOc2ccc(C=N[C@@H](CO)c3ccccc3)nc2)cn1)c1ccccc1.OC[C@H](N=Cc1ccc(OCCCCCOc2ccc(C=N[C@@H](CO)c3ccccc3)nc2)cn1)c1ccccc1.[Cl][Fe][Cl].[Cl][Fe][Cl]. The monoisotopic (exact) mass is 1910 g/mol. The molecule has 6 aromatic heterocycles. The number of ether oxygens (including phenoxy) is 6. The number of hydrogen-bond donors (Lipinski definition) is 6. The van der Waals surface area contributed by atoms with E-state index in [0.717, 1.165) is 91.2 Å². The molecule has 0 spiro atoms. The molecule has 0 unspecified atom stereocenters. The molecule has 0 aliphatic rings. The molecule has 0 bridgehead atoms. The number of nitrogens with zero attached hydrogens (tertiary/aromatic N) is 12. The summed E-state index contributed by atoms with van der Waals surface area (Å²) in [4.78, 5) is 53.1. The van der Waals surface area contributed by atoms with Crippen molar-refractivity contribution in [2.24, 2.45) is 30.0 Å². The van der Waals surface area contributed by atoms with Crippen LogP contribution >= 0.6 is 40.4 Å². The fraction of sp³-hybridized carbons (Fsp3) is 0.273. The number of halogens is 4. The van der Waals surface area contributed by atoms with E-state index in [1.54, 1.807) is 74.5 Å². The molecule has 30 heteroatoms. The third kappa shape index (κ3) is 41.5. The molecular formula is C99H108Cl4Fe2N12O12. The Balaban J connectivity index is 0.000000231. The number of benzene rings is 6. The van der Waals surface area contributed by atoms with Gasteiger partial charge in [-0.1, -0.05) is 182 Å². The van der Waals surface area contributed by atoms with Crippen LogP contribution in [-0.2, 0) is 26.3 Å². The van der Waals surface area contributed by atoms with Crippen LogP contribution < -0.4 is 28.4 Å². The summed E-state index contributed by atoms with van der Waals surface area (Å²) < 4.78 is 34.8. The molecule has 0 radical (unpaired) electrons. The number of aliphatic hydroxyl groups excluding tert-OH is 6. The molecule has 6 heterocycles. The molecule has 12 aromatic rings. The van der Waals surface area contributed by atoms with Gasteiger partial charge in [0.15, 0.2) is 0 Å². The standard InChI is InChI=1S/3C33H36N4O4.4ClH.2Fe/c3*38-24-32(26-10-4-1-5-11-26)36-20-28-14-16-30(22-34-28)40-18-8-3-9-19-41-31-17-15-29(35-23-31)21-37-33(25-39)27-12-6-2-7-13-27;;;;;;/h3*1-2,4-7,10-17,20-23,32-33,38-39H,3,8-9,18-19,24-25H2;4*1H;;/q;;;;;;;2*+2/p-4/t3*32-,33-;;;;;;/m000....../s1. The van der Waals surface area contributed by atoms with Crippen molar-refractivity contribution in [3.8, 4) is 34.5 Å². The van der Waals surface area contributed by atoms with Gasteiger partial charge >= 0.3 is 66.7 Å². The summed E-state index contributed by atoms with van der Waals surface area (Å²) in [6, 6.07) is 78.7. The number of aliphatic imine (C=N–C) groups is 6. The zero-order chi connectivity index (χ0) is 91.0. The average molecular weight is 1910 g/mol. The van der Waals surface area contributed by atoms with E-state index in [9.17, 15) is 30.6 Å². The van der Waals surface area contributed by atoms with Gasteiger partial charge in [0.25, 0.3) is 0 Å². The Morgan fingerprint density at radius 2 is 0.357 bits per heavy atom. The van der Waals surface area contributed by atoms with Crippen LogP contribution in [-0.4, -0.2) is 177 Å². The molecule has 0 aliphatic carbocycles. The van der Waals surface area contributed by atoms with Crippen molar-refractivity contribution in [2.75, 3.05) is 79.3 Å². The fourth-order valence-electron chi connectivity index (χ4n) is 12.1. The van der Waals surface area contributed by atoms with E-state index in [2.05, 4.69) is 59.9 Å². The predicted molar refractivity (Wildman–Crippen MR) is 507 cm³/mol. The molecule has 12 rings (SSSR count). The van der Waals surface area contributed by atoms with Gasteiger partial charge in [0, 0.05) is 37.3 Å².